The molecule has 7 heteroatoms. The number of aromatic nitrogens is 1. The minimum absolute atomic E-state index is 0.369. The molecule has 0 bridgehead atoms. The standard InChI is InChI=1S/C13H13BrCl2N4/c1-2-7-5-8(14)3-4-11(7)18-12-9(15)6-10(16)13(19-12)20-17/h3-6H,2,17H2,1H3,(H2,18,19,20). The third-order valence-corrected chi connectivity index (χ3v) is 3.84. The predicted octanol–water partition coefficient (Wildman–Crippen LogP) is 4.74. The second-order valence-electron chi connectivity index (χ2n) is 4.07. The number of rotatable bonds is 4. The van der Waals surface area contributed by atoms with E-state index < -0.39 is 0 Å². The van der Waals surface area contributed by atoms with E-state index in [0.29, 0.717) is 21.7 Å². The summed E-state index contributed by atoms with van der Waals surface area (Å²) in [6, 6.07) is 7.56. The molecule has 106 valence electrons. The van der Waals surface area contributed by atoms with Crippen LogP contribution < -0.4 is 16.6 Å². The molecule has 0 atom stereocenters. The molecule has 0 amide bonds. The van der Waals surface area contributed by atoms with E-state index in [9.17, 15) is 0 Å². The molecular weight excluding hydrogens is 363 g/mol. The molecule has 0 aliphatic heterocycles. The first kappa shape index (κ1) is 15.4. The van der Waals surface area contributed by atoms with E-state index >= 15 is 0 Å². The highest BCUT2D eigenvalue weighted by Gasteiger charge is 2.10. The molecule has 4 N–H and O–H groups in total. The maximum Gasteiger partial charge on any atom is 0.161 e. The van der Waals surface area contributed by atoms with Gasteiger partial charge >= 0.3 is 0 Å². The van der Waals surface area contributed by atoms with Gasteiger partial charge in [0.15, 0.2) is 11.6 Å². The Hall–Kier alpha value is -1.01. The SMILES string of the molecule is CCc1cc(Br)ccc1Nc1nc(NN)c(Cl)cc1Cl. The largest absolute Gasteiger partial charge is 0.339 e. The van der Waals surface area contributed by atoms with E-state index in [1.165, 1.54) is 0 Å². The van der Waals surface area contributed by atoms with Crippen LogP contribution in [0.25, 0.3) is 0 Å². The Bertz CT molecular complexity index is 634. The average Bonchev–Trinajstić information content (AvgIpc) is 2.43. The molecule has 0 saturated carbocycles. The molecule has 1 aromatic heterocycles. The topological polar surface area (TPSA) is 63.0 Å². The normalized spacial score (nSPS) is 10.4. The van der Waals surface area contributed by atoms with Crippen molar-refractivity contribution in [2.24, 2.45) is 5.84 Å². The zero-order chi connectivity index (χ0) is 14.7. The Kier molecular flexibility index (Phi) is 5.10. The first-order valence-electron chi connectivity index (χ1n) is 5.93. The van der Waals surface area contributed by atoms with Crippen molar-refractivity contribution in [3.63, 3.8) is 0 Å². The Morgan fingerprint density at radius 3 is 2.55 bits per heavy atom. The lowest BCUT2D eigenvalue weighted by atomic mass is 10.1. The Morgan fingerprint density at radius 1 is 1.20 bits per heavy atom. The van der Waals surface area contributed by atoms with E-state index in [-0.39, 0.29) is 0 Å². The van der Waals surface area contributed by atoms with Crippen LogP contribution >= 0.6 is 39.1 Å². The summed E-state index contributed by atoms with van der Waals surface area (Å²) in [6.45, 7) is 2.08. The van der Waals surface area contributed by atoms with E-state index in [0.717, 1.165) is 22.1 Å². The molecule has 2 rings (SSSR count). The monoisotopic (exact) mass is 374 g/mol. The van der Waals surface area contributed by atoms with Gasteiger partial charge in [-0.05, 0) is 36.2 Å². The van der Waals surface area contributed by atoms with Crippen LogP contribution in [0, 0.1) is 0 Å². The van der Waals surface area contributed by atoms with Crippen molar-refractivity contribution in [2.75, 3.05) is 10.7 Å². The summed E-state index contributed by atoms with van der Waals surface area (Å²) in [5.74, 6) is 6.24. The molecule has 0 unspecified atom stereocenters. The highest BCUT2D eigenvalue weighted by Crippen LogP contribution is 2.32. The molecule has 0 radical (unpaired) electrons. The number of aryl methyl sites for hydroxylation is 1. The Labute approximate surface area is 135 Å². The minimum Gasteiger partial charge on any atom is -0.339 e. The number of hydrazine groups is 1. The van der Waals surface area contributed by atoms with Crippen LogP contribution in [-0.4, -0.2) is 4.98 Å². The number of nitrogens with two attached hydrogens (primary N) is 1. The number of benzene rings is 1. The van der Waals surface area contributed by atoms with Crippen LogP contribution in [0.2, 0.25) is 10.0 Å². The van der Waals surface area contributed by atoms with Gasteiger partial charge in [-0.1, -0.05) is 46.1 Å². The van der Waals surface area contributed by atoms with Crippen molar-refractivity contribution in [1.82, 2.24) is 4.98 Å². The third-order valence-electron chi connectivity index (χ3n) is 2.77. The molecule has 2 aromatic rings. The van der Waals surface area contributed by atoms with Gasteiger partial charge in [-0.15, -0.1) is 0 Å². The number of anilines is 3. The second-order valence-corrected chi connectivity index (χ2v) is 5.80. The molecule has 0 saturated heterocycles. The highest BCUT2D eigenvalue weighted by atomic mass is 79.9. The lowest BCUT2D eigenvalue weighted by Crippen LogP contribution is -2.10. The predicted molar refractivity (Wildman–Crippen MR) is 88.9 cm³/mol. The fourth-order valence-electron chi connectivity index (χ4n) is 1.76. The summed E-state index contributed by atoms with van der Waals surface area (Å²) in [6.07, 6.45) is 0.884. The van der Waals surface area contributed by atoms with Crippen molar-refractivity contribution >= 4 is 56.5 Å². The van der Waals surface area contributed by atoms with E-state index in [2.05, 4.69) is 38.6 Å². The van der Waals surface area contributed by atoms with Crippen molar-refractivity contribution in [1.29, 1.82) is 0 Å². The van der Waals surface area contributed by atoms with Crippen LogP contribution in [-0.2, 0) is 6.42 Å². The third kappa shape index (κ3) is 3.35. The van der Waals surface area contributed by atoms with E-state index in [4.69, 9.17) is 29.0 Å². The molecule has 0 aliphatic carbocycles. The summed E-state index contributed by atoms with van der Waals surface area (Å²) in [5.41, 5.74) is 4.52. The van der Waals surface area contributed by atoms with Gasteiger partial charge in [0.25, 0.3) is 0 Å². The maximum absolute atomic E-state index is 6.15. The fourth-order valence-corrected chi connectivity index (χ4v) is 2.63. The van der Waals surface area contributed by atoms with Gasteiger partial charge in [0.2, 0.25) is 0 Å². The zero-order valence-electron chi connectivity index (χ0n) is 10.7. The number of halogens is 3. The van der Waals surface area contributed by atoms with Gasteiger partial charge in [0.05, 0.1) is 10.0 Å². The molecule has 0 fully saturated rings. The second kappa shape index (κ2) is 6.63. The van der Waals surface area contributed by atoms with Gasteiger partial charge < -0.3 is 10.7 Å². The molecular formula is C13H13BrCl2N4. The molecule has 0 spiro atoms. The first-order chi connectivity index (χ1) is 9.55. The Morgan fingerprint density at radius 2 is 1.90 bits per heavy atom. The first-order valence-corrected chi connectivity index (χ1v) is 7.48. The molecule has 1 aromatic carbocycles. The fraction of sp³-hybridized carbons (Fsp3) is 0.154. The number of pyridine rings is 1. The number of hydrogen-bond acceptors (Lipinski definition) is 4. The Balaban J connectivity index is 2.39. The van der Waals surface area contributed by atoms with E-state index in [1.54, 1.807) is 6.07 Å². The van der Waals surface area contributed by atoms with Crippen molar-refractivity contribution in [3.05, 3.63) is 44.3 Å². The summed E-state index contributed by atoms with van der Waals surface area (Å²) in [7, 11) is 0. The molecule has 0 aliphatic rings. The van der Waals surface area contributed by atoms with E-state index in [1.807, 2.05) is 18.2 Å². The summed E-state index contributed by atoms with van der Waals surface area (Å²) in [4.78, 5) is 4.26. The molecule has 4 nitrogen and oxygen atoms in total. The van der Waals surface area contributed by atoms with Crippen LogP contribution in [0.3, 0.4) is 0 Å². The van der Waals surface area contributed by atoms with Crippen LogP contribution in [0.4, 0.5) is 17.3 Å². The number of nitrogens with zero attached hydrogens (tertiary/aromatic N) is 1. The van der Waals surface area contributed by atoms with Gasteiger partial charge in [0, 0.05) is 10.2 Å². The lowest BCUT2D eigenvalue weighted by molar-refractivity contribution is 1.13. The van der Waals surface area contributed by atoms with Crippen LogP contribution in [0.5, 0.6) is 0 Å². The summed E-state index contributed by atoms with van der Waals surface area (Å²) >= 11 is 15.6. The van der Waals surface area contributed by atoms with Gasteiger partial charge in [-0.25, -0.2) is 10.8 Å². The summed E-state index contributed by atoms with van der Waals surface area (Å²) in [5, 5.41) is 4.00. The average molecular weight is 376 g/mol. The lowest BCUT2D eigenvalue weighted by Gasteiger charge is -2.13. The number of nitrogen functional groups attached to an aromatic ring is 1. The quantitative estimate of drug-likeness (QED) is 0.533. The molecule has 20 heavy (non-hydrogen) atoms. The maximum atomic E-state index is 6.15. The minimum atomic E-state index is 0.369. The van der Waals surface area contributed by atoms with Crippen molar-refractivity contribution < 1.29 is 0 Å². The van der Waals surface area contributed by atoms with Gasteiger partial charge in [-0.3, -0.25) is 0 Å². The van der Waals surface area contributed by atoms with Gasteiger partial charge in [-0.2, -0.15) is 0 Å². The number of nitrogens with one attached hydrogen (secondary N) is 2. The van der Waals surface area contributed by atoms with Gasteiger partial charge in [0.1, 0.15) is 0 Å². The van der Waals surface area contributed by atoms with Crippen LogP contribution in [0.15, 0.2) is 28.7 Å². The number of hydrogen-bond donors (Lipinski definition) is 3. The highest BCUT2D eigenvalue weighted by molar-refractivity contribution is 9.10. The zero-order valence-corrected chi connectivity index (χ0v) is 13.8. The smallest absolute Gasteiger partial charge is 0.161 e. The molecule has 1 heterocycles. The van der Waals surface area contributed by atoms with Crippen molar-refractivity contribution in [2.45, 2.75) is 13.3 Å². The summed E-state index contributed by atoms with van der Waals surface area (Å²) < 4.78 is 1.03. The van der Waals surface area contributed by atoms with Crippen molar-refractivity contribution in [3.8, 4) is 0 Å². The van der Waals surface area contributed by atoms with Crippen LogP contribution in [0.1, 0.15) is 12.5 Å².